The summed E-state index contributed by atoms with van der Waals surface area (Å²) in [4.78, 5) is 25.0. The van der Waals surface area contributed by atoms with Crippen LogP contribution in [0, 0.1) is 0 Å². The van der Waals surface area contributed by atoms with Crippen molar-refractivity contribution >= 4 is 45.5 Å². The molecular formula is C19H12BBrF2O2. The Labute approximate surface area is 152 Å². The largest absolute Gasteiger partial charge is 0.556 e. The van der Waals surface area contributed by atoms with Gasteiger partial charge in [-0.2, -0.15) is 0 Å². The van der Waals surface area contributed by atoms with E-state index in [1.54, 1.807) is 36.4 Å². The van der Waals surface area contributed by atoms with Gasteiger partial charge in [0.2, 0.25) is 0 Å². The molecule has 0 heterocycles. The number of hydrogen-bond acceptors (Lipinski definition) is 2. The molecule has 0 aromatic heterocycles. The number of carbonyl (C=O) groups excluding carboxylic acids is 2. The zero-order valence-electron chi connectivity index (χ0n) is 13.0. The fourth-order valence-corrected chi connectivity index (χ4v) is 3.06. The fraction of sp³-hybridized carbons (Fsp3) is 0.0526. The highest BCUT2D eigenvalue weighted by atomic mass is 79.9. The summed E-state index contributed by atoms with van der Waals surface area (Å²) in [5.74, 6) is -3.74. The van der Waals surface area contributed by atoms with Gasteiger partial charge in [0.1, 0.15) is 5.82 Å². The van der Waals surface area contributed by atoms with Gasteiger partial charge >= 0.3 is 7.27 Å². The van der Waals surface area contributed by atoms with E-state index in [1.807, 2.05) is 6.07 Å². The van der Waals surface area contributed by atoms with Gasteiger partial charge < -0.3 is 0 Å². The zero-order chi connectivity index (χ0) is 18.0. The highest BCUT2D eigenvalue weighted by molar-refractivity contribution is 9.10. The normalized spacial score (nSPS) is 12.0. The molecular weight excluding hydrogens is 389 g/mol. The predicted octanol–water partition coefficient (Wildman–Crippen LogP) is 5.47. The molecule has 3 aromatic rings. The smallest absolute Gasteiger partial charge is 0.294 e. The molecule has 3 rings (SSSR count). The lowest BCUT2D eigenvalue weighted by atomic mass is 9.69. The van der Waals surface area contributed by atoms with Crippen LogP contribution in [0.4, 0.5) is 8.63 Å². The number of Topliss-reactive ketones (excluding diaryl/α,β-unsaturated/α-hetero) is 2. The van der Waals surface area contributed by atoms with Gasteiger partial charge in [0.15, 0.2) is 11.6 Å². The van der Waals surface area contributed by atoms with Crippen LogP contribution < -0.4 is 0 Å². The summed E-state index contributed by atoms with van der Waals surface area (Å²) in [6.07, 6.45) is 0. The lowest BCUT2D eigenvalue weighted by molar-refractivity contribution is 0.0885. The maximum Gasteiger partial charge on any atom is 0.556 e. The summed E-state index contributed by atoms with van der Waals surface area (Å²) in [5, 5.41) is 1.61. The number of hydrogen-bond donors (Lipinski definition) is 0. The number of rotatable bonds is 5. The Balaban J connectivity index is 1.98. The molecule has 0 radical (unpaired) electrons. The number of carbonyl (C=O) groups is 2. The first-order valence-corrected chi connectivity index (χ1v) is 8.37. The van der Waals surface area contributed by atoms with Crippen molar-refractivity contribution in [3.05, 3.63) is 82.3 Å². The van der Waals surface area contributed by atoms with Crippen LogP contribution in [0.5, 0.6) is 0 Å². The molecule has 6 heteroatoms. The second-order valence-electron chi connectivity index (χ2n) is 5.61. The Bertz CT molecular complexity index is 945. The third-order valence-electron chi connectivity index (χ3n) is 3.96. The van der Waals surface area contributed by atoms with Gasteiger partial charge in [0.05, 0.1) is 0 Å². The molecule has 0 spiro atoms. The van der Waals surface area contributed by atoms with Gasteiger partial charge in [0, 0.05) is 15.6 Å². The first-order valence-electron chi connectivity index (χ1n) is 7.58. The van der Waals surface area contributed by atoms with Crippen LogP contribution in [-0.2, 0) is 0 Å². The number of benzene rings is 3. The maximum atomic E-state index is 13.5. The number of ketones is 2. The molecule has 0 N–H and O–H groups in total. The average molecular weight is 401 g/mol. The summed E-state index contributed by atoms with van der Waals surface area (Å²) in [7, 11) is -3.07. The van der Waals surface area contributed by atoms with Crippen LogP contribution >= 0.6 is 15.9 Å². The van der Waals surface area contributed by atoms with E-state index in [4.69, 9.17) is 0 Å². The van der Waals surface area contributed by atoms with Gasteiger partial charge in [-0.25, -0.2) is 0 Å². The molecule has 1 unspecified atom stereocenters. The molecule has 124 valence electrons. The van der Waals surface area contributed by atoms with Crippen LogP contribution in [0.2, 0.25) is 5.82 Å². The molecule has 2 nitrogen and oxygen atoms in total. The van der Waals surface area contributed by atoms with E-state index in [9.17, 15) is 18.2 Å². The third kappa shape index (κ3) is 3.69. The van der Waals surface area contributed by atoms with E-state index in [1.165, 1.54) is 24.3 Å². The van der Waals surface area contributed by atoms with Gasteiger partial charge in [-0.15, -0.1) is 0 Å². The van der Waals surface area contributed by atoms with Crippen molar-refractivity contribution in [2.24, 2.45) is 0 Å². The predicted molar refractivity (Wildman–Crippen MR) is 98.5 cm³/mol. The number of fused-ring (bicyclic) bond motifs is 1. The molecule has 0 bridgehead atoms. The van der Waals surface area contributed by atoms with Crippen molar-refractivity contribution in [1.82, 2.24) is 0 Å². The highest BCUT2D eigenvalue weighted by Gasteiger charge is 2.41. The van der Waals surface area contributed by atoms with E-state index in [0.717, 1.165) is 15.2 Å². The molecule has 0 saturated heterocycles. The lowest BCUT2D eigenvalue weighted by Crippen LogP contribution is -2.28. The third-order valence-corrected chi connectivity index (χ3v) is 4.46. The molecule has 25 heavy (non-hydrogen) atoms. The van der Waals surface area contributed by atoms with Crippen LogP contribution in [0.25, 0.3) is 10.8 Å². The van der Waals surface area contributed by atoms with Crippen molar-refractivity contribution < 1.29 is 18.2 Å². The monoisotopic (exact) mass is 400 g/mol. The lowest BCUT2D eigenvalue weighted by Gasteiger charge is -2.12. The second kappa shape index (κ2) is 7.27. The van der Waals surface area contributed by atoms with E-state index in [2.05, 4.69) is 15.9 Å². The first-order chi connectivity index (χ1) is 12.0. The van der Waals surface area contributed by atoms with E-state index in [0.29, 0.717) is 0 Å². The van der Waals surface area contributed by atoms with Crippen LogP contribution in [0.3, 0.4) is 0 Å². The topological polar surface area (TPSA) is 34.1 Å². The van der Waals surface area contributed by atoms with Crippen LogP contribution in [0.1, 0.15) is 20.7 Å². The fourth-order valence-electron chi connectivity index (χ4n) is 2.68. The van der Waals surface area contributed by atoms with Crippen molar-refractivity contribution in [1.29, 1.82) is 0 Å². The molecule has 0 fully saturated rings. The highest BCUT2D eigenvalue weighted by Crippen LogP contribution is 2.27. The van der Waals surface area contributed by atoms with Crippen molar-refractivity contribution in [2.45, 2.75) is 5.82 Å². The average Bonchev–Trinajstić information content (AvgIpc) is 2.61. The SMILES string of the molecule is O=C(c1ccccc1)C(B(F)F)C(=O)c1ccc2cc(Br)ccc2c1. The quantitative estimate of drug-likeness (QED) is 0.323. The van der Waals surface area contributed by atoms with E-state index < -0.39 is 24.7 Å². The Hall–Kier alpha value is -2.34. The molecule has 0 aliphatic rings. The molecule has 1 atom stereocenters. The Morgan fingerprint density at radius 1 is 0.800 bits per heavy atom. The Morgan fingerprint density at radius 3 is 2.08 bits per heavy atom. The van der Waals surface area contributed by atoms with Gasteiger partial charge in [-0.05, 0) is 29.0 Å². The van der Waals surface area contributed by atoms with Gasteiger partial charge in [-0.1, -0.05) is 64.5 Å². The second-order valence-corrected chi connectivity index (χ2v) is 6.53. The van der Waals surface area contributed by atoms with Crippen LogP contribution in [0.15, 0.2) is 71.2 Å². The molecule has 3 aromatic carbocycles. The summed E-state index contributed by atoms with van der Waals surface area (Å²) in [6, 6.07) is 17.9. The summed E-state index contributed by atoms with van der Waals surface area (Å²) in [6.45, 7) is 0. The van der Waals surface area contributed by atoms with Gasteiger partial charge in [0.25, 0.3) is 0 Å². The number of halogens is 3. The maximum absolute atomic E-state index is 13.5. The Kier molecular flexibility index (Phi) is 5.09. The van der Waals surface area contributed by atoms with Crippen molar-refractivity contribution in [3.8, 4) is 0 Å². The van der Waals surface area contributed by atoms with Crippen molar-refractivity contribution in [3.63, 3.8) is 0 Å². The summed E-state index contributed by atoms with van der Waals surface area (Å²) in [5.41, 5.74) is 0.204. The van der Waals surface area contributed by atoms with E-state index >= 15 is 0 Å². The zero-order valence-corrected chi connectivity index (χ0v) is 14.5. The summed E-state index contributed by atoms with van der Waals surface area (Å²) < 4.78 is 27.9. The molecule has 0 amide bonds. The molecule has 0 saturated carbocycles. The standard InChI is InChI=1S/C19H12BBrF2O2/c21-16-9-8-13-10-15(7-6-14(13)11-16)19(25)17(20(22)23)18(24)12-4-2-1-3-5-12/h1-11,17H. The van der Waals surface area contributed by atoms with Crippen molar-refractivity contribution in [2.75, 3.05) is 0 Å². The van der Waals surface area contributed by atoms with E-state index in [-0.39, 0.29) is 11.1 Å². The minimum atomic E-state index is -3.07. The molecule has 0 aliphatic carbocycles. The summed E-state index contributed by atoms with van der Waals surface area (Å²) >= 11 is 3.36. The Morgan fingerprint density at radius 2 is 1.40 bits per heavy atom. The first kappa shape index (κ1) is 17.5. The molecule has 0 aliphatic heterocycles. The van der Waals surface area contributed by atoms with Crippen LogP contribution in [-0.4, -0.2) is 18.8 Å². The minimum Gasteiger partial charge on any atom is -0.294 e. The minimum absolute atomic E-state index is 0.101. The van der Waals surface area contributed by atoms with Gasteiger partial charge in [-0.3, -0.25) is 18.2 Å².